The summed E-state index contributed by atoms with van der Waals surface area (Å²) < 4.78 is 2.00. The number of aromatic nitrogens is 2. The van der Waals surface area contributed by atoms with Crippen molar-refractivity contribution >= 4 is 5.82 Å². The second-order valence-electron chi connectivity index (χ2n) is 5.85. The summed E-state index contributed by atoms with van der Waals surface area (Å²) in [5.74, 6) is 1.24. The third kappa shape index (κ3) is 2.25. The summed E-state index contributed by atoms with van der Waals surface area (Å²) in [6.45, 7) is 7.47. The van der Waals surface area contributed by atoms with Crippen molar-refractivity contribution in [2.24, 2.45) is 12.8 Å². The van der Waals surface area contributed by atoms with Crippen molar-refractivity contribution in [3.63, 3.8) is 0 Å². The van der Waals surface area contributed by atoms with E-state index in [-0.39, 0.29) is 0 Å². The molecule has 1 unspecified atom stereocenters. The lowest BCUT2D eigenvalue weighted by atomic mass is 10.2. The molecule has 2 N–H and O–H groups in total. The number of hydrogen-bond donors (Lipinski definition) is 1. The third-order valence-corrected chi connectivity index (χ3v) is 4.64. The molecule has 0 spiro atoms. The van der Waals surface area contributed by atoms with Gasteiger partial charge < -0.3 is 10.6 Å². The fourth-order valence-corrected chi connectivity index (χ4v) is 3.66. The van der Waals surface area contributed by atoms with Gasteiger partial charge in [0, 0.05) is 38.3 Å². The van der Waals surface area contributed by atoms with Crippen molar-refractivity contribution in [3.8, 4) is 0 Å². The van der Waals surface area contributed by atoms with Crippen LogP contribution in [0.1, 0.15) is 30.5 Å². The maximum Gasteiger partial charge on any atom is 0.131 e. The van der Waals surface area contributed by atoms with E-state index >= 15 is 0 Å². The van der Waals surface area contributed by atoms with Crippen LogP contribution in [0.15, 0.2) is 0 Å². The minimum absolute atomic E-state index is 0.583. The Morgan fingerprint density at radius 1 is 1.26 bits per heavy atom. The van der Waals surface area contributed by atoms with Gasteiger partial charge >= 0.3 is 0 Å². The van der Waals surface area contributed by atoms with Crippen LogP contribution in [-0.2, 0) is 13.6 Å². The lowest BCUT2D eigenvalue weighted by Gasteiger charge is -2.25. The van der Waals surface area contributed by atoms with E-state index in [1.165, 1.54) is 43.7 Å². The topological polar surface area (TPSA) is 50.3 Å². The molecule has 1 aromatic heterocycles. The highest BCUT2D eigenvalue weighted by molar-refractivity contribution is 5.51. The number of nitrogens with two attached hydrogens (primary N) is 1. The molecule has 2 aliphatic rings. The van der Waals surface area contributed by atoms with Crippen LogP contribution in [0.4, 0.5) is 5.82 Å². The van der Waals surface area contributed by atoms with Crippen LogP contribution < -0.4 is 10.6 Å². The highest BCUT2D eigenvalue weighted by atomic mass is 15.4. The quantitative estimate of drug-likeness (QED) is 0.879. The Hall–Kier alpha value is -1.07. The molecule has 0 aromatic carbocycles. The Labute approximate surface area is 115 Å². The fourth-order valence-electron chi connectivity index (χ4n) is 3.66. The molecule has 0 bridgehead atoms. The van der Waals surface area contributed by atoms with Crippen LogP contribution in [0.3, 0.4) is 0 Å². The van der Waals surface area contributed by atoms with Gasteiger partial charge in [-0.25, -0.2) is 0 Å². The Morgan fingerprint density at radius 3 is 2.68 bits per heavy atom. The molecule has 19 heavy (non-hydrogen) atoms. The fraction of sp³-hybridized carbons (Fsp3) is 0.786. The Bertz CT molecular complexity index is 447. The zero-order valence-electron chi connectivity index (χ0n) is 12.1. The number of hydrogen-bond acceptors (Lipinski definition) is 4. The summed E-state index contributed by atoms with van der Waals surface area (Å²) in [5.41, 5.74) is 8.19. The van der Waals surface area contributed by atoms with Crippen LogP contribution in [0, 0.1) is 6.92 Å². The molecular formula is C14H25N5. The molecule has 5 nitrogen and oxygen atoms in total. The van der Waals surface area contributed by atoms with Gasteiger partial charge in [0.05, 0.1) is 5.69 Å². The highest BCUT2D eigenvalue weighted by Crippen LogP contribution is 2.28. The zero-order chi connectivity index (χ0) is 13.4. The van der Waals surface area contributed by atoms with E-state index in [4.69, 9.17) is 5.73 Å². The molecule has 0 amide bonds. The number of nitrogens with zero attached hydrogens (tertiary/aromatic N) is 4. The van der Waals surface area contributed by atoms with E-state index in [1.54, 1.807) is 0 Å². The lowest BCUT2D eigenvalue weighted by molar-refractivity contribution is 0.260. The first-order valence-electron chi connectivity index (χ1n) is 7.42. The molecular weight excluding hydrogens is 238 g/mol. The molecule has 2 fully saturated rings. The zero-order valence-corrected chi connectivity index (χ0v) is 12.1. The predicted molar refractivity (Wildman–Crippen MR) is 77.3 cm³/mol. The first kappa shape index (κ1) is 12.9. The highest BCUT2D eigenvalue weighted by Gasteiger charge is 2.31. The van der Waals surface area contributed by atoms with Gasteiger partial charge in [0.2, 0.25) is 0 Å². The summed E-state index contributed by atoms with van der Waals surface area (Å²) in [4.78, 5) is 5.14. The Kier molecular flexibility index (Phi) is 3.50. The predicted octanol–water partition coefficient (Wildman–Crippen LogP) is 0.862. The van der Waals surface area contributed by atoms with E-state index in [1.807, 2.05) is 11.7 Å². The molecule has 3 heterocycles. The second-order valence-corrected chi connectivity index (χ2v) is 5.85. The number of aryl methyl sites for hydroxylation is 2. The Morgan fingerprint density at radius 2 is 2.00 bits per heavy atom. The van der Waals surface area contributed by atoms with E-state index in [9.17, 15) is 0 Å². The maximum atomic E-state index is 5.90. The van der Waals surface area contributed by atoms with Crippen LogP contribution in [0.25, 0.3) is 0 Å². The van der Waals surface area contributed by atoms with Crippen LogP contribution in [0.2, 0.25) is 0 Å². The SMILES string of the molecule is Cc1nn(C)c(N2CCC(N3CCCC3)C2)c1CN. The smallest absolute Gasteiger partial charge is 0.131 e. The average Bonchev–Trinajstić information content (AvgIpc) is 3.07. The number of anilines is 1. The third-order valence-electron chi connectivity index (χ3n) is 4.64. The summed E-state index contributed by atoms with van der Waals surface area (Å²) in [7, 11) is 2.03. The van der Waals surface area contributed by atoms with Crippen molar-refractivity contribution in [1.82, 2.24) is 14.7 Å². The Balaban J connectivity index is 1.77. The maximum absolute atomic E-state index is 5.90. The van der Waals surface area contributed by atoms with E-state index in [0.29, 0.717) is 6.54 Å². The first-order chi connectivity index (χ1) is 9.20. The first-order valence-corrected chi connectivity index (χ1v) is 7.42. The van der Waals surface area contributed by atoms with E-state index < -0.39 is 0 Å². The molecule has 0 aliphatic carbocycles. The minimum atomic E-state index is 0.583. The van der Waals surface area contributed by atoms with Gasteiger partial charge in [0.25, 0.3) is 0 Å². The molecule has 3 rings (SSSR count). The summed E-state index contributed by atoms with van der Waals surface area (Å²) >= 11 is 0. The van der Waals surface area contributed by atoms with Crippen LogP contribution in [0.5, 0.6) is 0 Å². The summed E-state index contributed by atoms with van der Waals surface area (Å²) in [6.07, 6.45) is 4.01. The molecule has 1 atom stereocenters. The number of rotatable bonds is 3. The molecule has 0 radical (unpaired) electrons. The largest absolute Gasteiger partial charge is 0.355 e. The normalized spacial score (nSPS) is 24.6. The van der Waals surface area contributed by atoms with Gasteiger partial charge in [-0.15, -0.1) is 0 Å². The van der Waals surface area contributed by atoms with Crippen molar-refractivity contribution < 1.29 is 0 Å². The molecule has 1 aromatic rings. The molecule has 2 saturated heterocycles. The van der Waals surface area contributed by atoms with E-state index in [2.05, 4.69) is 21.8 Å². The molecule has 2 aliphatic heterocycles. The second kappa shape index (κ2) is 5.13. The van der Waals surface area contributed by atoms with Gasteiger partial charge in [0.15, 0.2) is 0 Å². The standard InChI is InChI=1S/C14H25N5/c1-11-13(9-15)14(17(2)16-11)19-8-5-12(10-19)18-6-3-4-7-18/h12H,3-10,15H2,1-2H3. The monoisotopic (exact) mass is 263 g/mol. The van der Waals surface area contributed by atoms with E-state index in [0.717, 1.165) is 24.8 Å². The van der Waals surface area contributed by atoms with Crippen molar-refractivity contribution in [2.75, 3.05) is 31.1 Å². The summed E-state index contributed by atoms with van der Waals surface area (Å²) in [6, 6.07) is 0.725. The van der Waals surface area contributed by atoms with Gasteiger partial charge in [-0.1, -0.05) is 0 Å². The molecule has 5 heteroatoms. The van der Waals surface area contributed by atoms with Gasteiger partial charge in [0.1, 0.15) is 5.82 Å². The molecule has 106 valence electrons. The van der Waals surface area contributed by atoms with Crippen molar-refractivity contribution in [2.45, 2.75) is 38.8 Å². The molecule has 0 saturated carbocycles. The lowest BCUT2D eigenvalue weighted by Crippen LogP contribution is -2.35. The summed E-state index contributed by atoms with van der Waals surface area (Å²) in [5, 5.41) is 4.53. The number of likely N-dealkylation sites (tertiary alicyclic amines) is 1. The van der Waals surface area contributed by atoms with Gasteiger partial charge in [-0.3, -0.25) is 9.58 Å². The van der Waals surface area contributed by atoms with Crippen molar-refractivity contribution in [1.29, 1.82) is 0 Å². The average molecular weight is 263 g/mol. The van der Waals surface area contributed by atoms with Crippen LogP contribution in [-0.4, -0.2) is 46.9 Å². The van der Waals surface area contributed by atoms with Gasteiger partial charge in [-0.2, -0.15) is 5.10 Å². The van der Waals surface area contributed by atoms with Crippen molar-refractivity contribution in [3.05, 3.63) is 11.3 Å². The van der Waals surface area contributed by atoms with Gasteiger partial charge in [-0.05, 0) is 39.3 Å². The van der Waals surface area contributed by atoms with Crippen LogP contribution >= 0.6 is 0 Å². The minimum Gasteiger partial charge on any atom is -0.355 e.